The molecule has 98 valence electrons. The van der Waals surface area contributed by atoms with Crippen LogP contribution in [-0.4, -0.2) is 44.2 Å². The lowest BCUT2D eigenvalue weighted by Gasteiger charge is -2.27. The summed E-state index contributed by atoms with van der Waals surface area (Å²) in [5, 5.41) is 0.420. The molecule has 0 spiro atoms. The Hall–Kier alpha value is -0.780. The molecule has 6 heteroatoms. The number of ether oxygens (including phenoxy) is 2. The summed E-state index contributed by atoms with van der Waals surface area (Å²) in [6.07, 6.45) is 0. The van der Waals surface area contributed by atoms with E-state index in [1.807, 2.05) is 0 Å². The minimum Gasteiger partial charge on any atom is -0.494 e. The number of amides is 1. The highest BCUT2D eigenvalue weighted by Gasteiger charge is 2.20. The number of carbonyl (C=O) groups excluding carboxylic acids is 1. The first-order valence-corrected chi connectivity index (χ1v) is 6.70. The maximum Gasteiger partial charge on any atom is 0.254 e. The van der Waals surface area contributed by atoms with Crippen molar-refractivity contribution >= 4 is 33.4 Å². The molecule has 0 radical (unpaired) electrons. The van der Waals surface area contributed by atoms with Crippen LogP contribution in [0.4, 0.5) is 0 Å². The van der Waals surface area contributed by atoms with E-state index < -0.39 is 0 Å². The lowest BCUT2D eigenvalue weighted by atomic mass is 10.2. The van der Waals surface area contributed by atoms with Crippen LogP contribution in [0.2, 0.25) is 5.02 Å². The minimum atomic E-state index is -0.0384. The Labute approximate surface area is 119 Å². The third kappa shape index (κ3) is 2.79. The van der Waals surface area contributed by atoms with Crippen LogP contribution in [0.25, 0.3) is 0 Å². The average molecular weight is 335 g/mol. The molecule has 0 bridgehead atoms. The van der Waals surface area contributed by atoms with Crippen LogP contribution in [0.5, 0.6) is 5.75 Å². The molecule has 0 aromatic heterocycles. The van der Waals surface area contributed by atoms with Crippen LogP contribution in [0, 0.1) is 0 Å². The molecular weight excluding hydrogens is 321 g/mol. The largest absolute Gasteiger partial charge is 0.494 e. The Balaban J connectivity index is 2.25. The second kappa shape index (κ2) is 5.91. The van der Waals surface area contributed by atoms with Gasteiger partial charge in [-0.15, -0.1) is 0 Å². The third-order valence-corrected chi connectivity index (χ3v) is 3.62. The van der Waals surface area contributed by atoms with Crippen LogP contribution in [0.1, 0.15) is 10.4 Å². The van der Waals surface area contributed by atoms with Crippen LogP contribution >= 0.6 is 27.5 Å². The summed E-state index contributed by atoms with van der Waals surface area (Å²) in [6.45, 7) is 2.38. The normalized spacial score (nSPS) is 15.6. The van der Waals surface area contributed by atoms with Gasteiger partial charge in [0.2, 0.25) is 0 Å². The average Bonchev–Trinajstić information content (AvgIpc) is 2.38. The van der Waals surface area contributed by atoms with Crippen molar-refractivity contribution in [3.63, 3.8) is 0 Å². The van der Waals surface area contributed by atoms with E-state index in [9.17, 15) is 4.79 Å². The van der Waals surface area contributed by atoms with Gasteiger partial charge in [0, 0.05) is 18.7 Å². The van der Waals surface area contributed by atoms with Gasteiger partial charge in [0.15, 0.2) is 5.75 Å². The van der Waals surface area contributed by atoms with Crippen molar-refractivity contribution in [2.45, 2.75) is 0 Å². The van der Waals surface area contributed by atoms with Crippen molar-refractivity contribution in [1.29, 1.82) is 0 Å². The lowest BCUT2D eigenvalue weighted by Crippen LogP contribution is -2.40. The zero-order valence-electron chi connectivity index (χ0n) is 9.91. The van der Waals surface area contributed by atoms with E-state index in [1.54, 1.807) is 17.0 Å². The summed E-state index contributed by atoms with van der Waals surface area (Å²) in [7, 11) is 1.54. The number of carbonyl (C=O) groups is 1. The summed E-state index contributed by atoms with van der Waals surface area (Å²) >= 11 is 9.41. The fourth-order valence-electron chi connectivity index (χ4n) is 1.83. The highest BCUT2D eigenvalue weighted by atomic mass is 79.9. The number of halogens is 2. The van der Waals surface area contributed by atoms with E-state index in [2.05, 4.69) is 15.9 Å². The Morgan fingerprint density at radius 1 is 1.44 bits per heavy atom. The predicted molar refractivity (Wildman–Crippen MR) is 72.4 cm³/mol. The van der Waals surface area contributed by atoms with Gasteiger partial charge in [0.1, 0.15) is 0 Å². The van der Waals surface area contributed by atoms with Gasteiger partial charge in [-0.05, 0) is 28.1 Å². The zero-order chi connectivity index (χ0) is 13.1. The number of rotatable bonds is 2. The van der Waals surface area contributed by atoms with Crippen molar-refractivity contribution in [3.8, 4) is 5.75 Å². The third-order valence-electron chi connectivity index (χ3n) is 2.75. The van der Waals surface area contributed by atoms with Gasteiger partial charge in [-0.2, -0.15) is 0 Å². The maximum atomic E-state index is 12.3. The van der Waals surface area contributed by atoms with E-state index >= 15 is 0 Å². The Bertz CT molecular complexity index is 438. The minimum absolute atomic E-state index is 0.0384. The van der Waals surface area contributed by atoms with Gasteiger partial charge >= 0.3 is 0 Å². The van der Waals surface area contributed by atoms with Gasteiger partial charge in [-0.3, -0.25) is 4.79 Å². The predicted octanol–water partition coefficient (Wildman–Crippen LogP) is 2.58. The van der Waals surface area contributed by atoms with E-state index in [1.165, 1.54) is 7.11 Å². The SMILES string of the molecule is COc1c(Cl)cc(C(=O)N2CCOCC2)cc1Br. The van der Waals surface area contributed by atoms with Gasteiger partial charge < -0.3 is 14.4 Å². The fraction of sp³-hybridized carbons (Fsp3) is 0.417. The summed E-state index contributed by atoms with van der Waals surface area (Å²) < 4.78 is 11.0. The quantitative estimate of drug-likeness (QED) is 0.834. The Morgan fingerprint density at radius 3 is 2.67 bits per heavy atom. The van der Waals surface area contributed by atoms with Crippen LogP contribution in [0.3, 0.4) is 0 Å². The summed E-state index contributed by atoms with van der Waals surface area (Å²) in [6, 6.07) is 3.35. The molecule has 0 atom stereocenters. The molecule has 1 saturated heterocycles. The van der Waals surface area contributed by atoms with E-state index in [0.717, 1.165) is 0 Å². The molecule has 1 heterocycles. The number of hydrogen-bond donors (Lipinski definition) is 0. The van der Waals surface area contributed by atoms with E-state index in [-0.39, 0.29) is 5.91 Å². The molecule has 0 unspecified atom stereocenters. The van der Waals surface area contributed by atoms with Crippen LogP contribution < -0.4 is 4.74 Å². The molecule has 0 N–H and O–H groups in total. The molecule has 4 nitrogen and oxygen atoms in total. The molecule has 2 rings (SSSR count). The molecule has 18 heavy (non-hydrogen) atoms. The molecule has 1 aliphatic heterocycles. The number of methoxy groups -OCH3 is 1. The lowest BCUT2D eigenvalue weighted by molar-refractivity contribution is 0.0303. The highest BCUT2D eigenvalue weighted by Crippen LogP contribution is 2.34. The first-order valence-electron chi connectivity index (χ1n) is 5.53. The second-order valence-electron chi connectivity index (χ2n) is 3.88. The molecule has 1 aliphatic rings. The van der Waals surface area contributed by atoms with Gasteiger partial charge in [0.05, 0.1) is 29.8 Å². The topological polar surface area (TPSA) is 38.8 Å². The Morgan fingerprint density at radius 2 is 2.11 bits per heavy atom. The van der Waals surface area contributed by atoms with Gasteiger partial charge in [0.25, 0.3) is 5.91 Å². The number of nitrogens with zero attached hydrogens (tertiary/aromatic N) is 1. The molecule has 1 amide bonds. The summed E-state index contributed by atoms with van der Waals surface area (Å²) in [4.78, 5) is 14.0. The molecule has 1 fully saturated rings. The van der Waals surface area contributed by atoms with Crippen molar-refractivity contribution in [1.82, 2.24) is 4.90 Å². The first-order chi connectivity index (χ1) is 8.63. The highest BCUT2D eigenvalue weighted by molar-refractivity contribution is 9.10. The summed E-state index contributed by atoms with van der Waals surface area (Å²) in [5.41, 5.74) is 0.551. The first kappa shape index (κ1) is 13.6. The van der Waals surface area contributed by atoms with E-state index in [0.29, 0.717) is 47.1 Å². The van der Waals surface area contributed by atoms with Crippen LogP contribution in [0.15, 0.2) is 16.6 Å². The molecule has 1 aromatic carbocycles. The van der Waals surface area contributed by atoms with Crippen molar-refractivity contribution in [2.75, 3.05) is 33.4 Å². The Kier molecular flexibility index (Phi) is 4.48. The molecule has 0 aliphatic carbocycles. The maximum absolute atomic E-state index is 12.3. The monoisotopic (exact) mass is 333 g/mol. The zero-order valence-corrected chi connectivity index (χ0v) is 12.3. The standard InChI is InChI=1S/C12H13BrClNO3/c1-17-11-9(13)6-8(7-10(11)14)12(16)15-2-4-18-5-3-15/h6-7H,2-5H2,1H3. The van der Waals surface area contributed by atoms with Crippen molar-refractivity contribution < 1.29 is 14.3 Å². The molecule has 1 aromatic rings. The summed E-state index contributed by atoms with van der Waals surface area (Å²) in [5.74, 6) is 0.499. The van der Waals surface area contributed by atoms with Crippen molar-refractivity contribution in [2.24, 2.45) is 0 Å². The smallest absolute Gasteiger partial charge is 0.254 e. The molecule has 0 saturated carbocycles. The van der Waals surface area contributed by atoms with Gasteiger partial charge in [-0.1, -0.05) is 11.6 Å². The number of morpholine rings is 1. The fourth-order valence-corrected chi connectivity index (χ4v) is 2.86. The van der Waals surface area contributed by atoms with Crippen LogP contribution in [-0.2, 0) is 4.74 Å². The van der Waals surface area contributed by atoms with Gasteiger partial charge in [-0.25, -0.2) is 0 Å². The number of hydrogen-bond acceptors (Lipinski definition) is 3. The second-order valence-corrected chi connectivity index (χ2v) is 5.14. The molecular formula is C12H13BrClNO3. The van der Waals surface area contributed by atoms with E-state index in [4.69, 9.17) is 21.1 Å². The van der Waals surface area contributed by atoms with Crippen molar-refractivity contribution in [3.05, 3.63) is 27.2 Å². The number of benzene rings is 1.